The molecule has 7 heteroatoms. The van der Waals surface area contributed by atoms with Gasteiger partial charge in [0.15, 0.2) is 18.4 Å². The molecule has 0 fully saturated rings. The maximum atomic E-state index is 12.4. The van der Waals surface area contributed by atoms with Crippen LogP contribution in [0.5, 0.6) is 0 Å². The lowest BCUT2D eigenvalue weighted by molar-refractivity contribution is -0.0282. The number of benzene rings is 2. The topological polar surface area (TPSA) is 122 Å². The van der Waals surface area contributed by atoms with E-state index in [9.17, 15) is 4.79 Å². The first kappa shape index (κ1) is 17.9. The third-order valence-electron chi connectivity index (χ3n) is 3.27. The van der Waals surface area contributed by atoms with E-state index in [1.165, 1.54) is 0 Å². The van der Waals surface area contributed by atoms with Gasteiger partial charge in [0.05, 0.1) is 13.1 Å². The predicted molar refractivity (Wildman–Crippen MR) is 89.7 cm³/mol. The van der Waals surface area contributed by atoms with E-state index in [2.05, 4.69) is 10.6 Å². The van der Waals surface area contributed by atoms with E-state index in [0.29, 0.717) is 22.5 Å². The summed E-state index contributed by atoms with van der Waals surface area (Å²) < 4.78 is 0. The molecule has 0 saturated heterocycles. The molecule has 6 N–H and O–H groups in total. The summed E-state index contributed by atoms with van der Waals surface area (Å²) in [5, 5.41) is 40.8. The fourth-order valence-corrected chi connectivity index (χ4v) is 2.06. The molecule has 0 saturated carbocycles. The second kappa shape index (κ2) is 8.42. The molecule has 0 unspecified atom stereocenters. The van der Waals surface area contributed by atoms with Crippen molar-refractivity contribution >= 4 is 17.2 Å². The number of carbonyl (C=O) groups excluding carboxylic acids is 1. The predicted octanol–water partition coefficient (Wildman–Crippen LogP) is 0.363. The van der Waals surface area contributed by atoms with Crippen LogP contribution in [0.25, 0.3) is 0 Å². The van der Waals surface area contributed by atoms with E-state index in [-0.39, 0.29) is 18.9 Å². The van der Waals surface area contributed by atoms with Crippen LogP contribution >= 0.6 is 0 Å². The Labute approximate surface area is 139 Å². The van der Waals surface area contributed by atoms with Crippen molar-refractivity contribution in [2.24, 2.45) is 0 Å². The average Bonchev–Trinajstić information content (AvgIpc) is 2.58. The van der Waals surface area contributed by atoms with Crippen LogP contribution in [-0.4, -0.2) is 51.9 Å². The zero-order valence-corrected chi connectivity index (χ0v) is 12.9. The summed E-state index contributed by atoms with van der Waals surface area (Å²) in [6.07, 6.45) is -2.88. The standard InChI is InChI=1S/C17H20N2O5/c20-15(21)9-18-13-5-1-11(2-6-13)17(24)12-3-7-14(8-4-12)19-10-16(22)23/h1-8,15-16,18-23H,9-10H2. The highest BCUT2D eigenvalue weighted by Crippen LogP contribution is 2.16. The fraction of sp³-hybridized carbons (Fsp3) is 0.235. The van der Waals surface area contributed by atoms with E-state index >= 15 is 0 Å². The van der Waals surface area contributed by atoms with Gasteiger partial charge in [0.1, 0.15) is 0 Å². The van der Waals surface area contributed by atoms with Gasteiger partial charge in [-0.15, -0.1) is 0 Å². The number of rotatable bonds is 8. The van der Waals surface area contributed by atoms with Gasteiger partial charge in [-0.1, -0.05) is 0 Å². The van der Waals surface area contributed by atoms with Crippen LogP contribution in [0.2, 0.25) is 0 Å². The number of aliphatic hydroxyl groups is 4. The molecule has 7 nitrogen and oxygen atoms in total. The molecular weight excluding hydrogens is 312 g/mol. The summed E-state index contributed by atoms with van der Waals surface area (Å²) in [4.78, 5) is 12.4. The minimum absolute atomic E-state index is 0.00426. The molecule has 0 radical (unpaired) electrons. The molecule has 0 atom stereocenters. The molecular formula is C17H20N2O5. The summed E-state index contributed by atoms with van der Waals surface area (Å²) in [5.74, 6) is -0.141. The van der Waals surface area contributed by atoms with Gasteiger partial charge in [0, 0.05) is 22.5 Å². The molecule has 0 spiro atoms. The van der Waals surface area contributed by atoms with Crippen LogP contribution in [0.3, 0.4) is 0 Å². The van der Waals surface area contributed by atoms with Crippen molar-refractivity contribution in [2.75, 3.05) is 23.7 Å². The van der Waals surface area contributed by atoms with Gasteiger partial charge < -0.3 is 31.1 Å². The van der Waals surface area contributed by atoms with Crippen LogP contribution in [0.15, 0.2) is 48.5 Å². The Hall–Kier alpha value is -2.45. The Morgan fingerprint density at radius 2 is 1.04 bits per heavy atom. The van der Waals surface area contributed by atoms with Gasteiger partial charge in [0.25, 0.3) is 0 Å². The molecule has 0 aliphatic heterocycles. The van der Waals surface area contributed by atoms with E-state index in [1.54, 1.807) is 48.5 Å². The van der Waals surface area contributed by atoms with Crippen molar-refractivity contribution in [1.29, 1.82) is 0 Å². The largest absolute Gasteiger partial charge is 0.380 e. The number of nitrogens with one attached hydrogen (secondary N) is 2. The summed E-state index contributed by atoms with van der Waals surface area (Å²) in [7, 11) is 0. The van der Waals surface area contributed by atoms with Crippen molar-refractivity contribution in [1.82, 2.24) is 0 Å². The molecule has 0 amide bonds. The summed E-state index contributed by atoms with van der Waals surface area (Å²) in [6, 6.07) is 13.4. The van der Waals surface area contributed by atoms with Crippen molar-refractivity contribution < 1.29 is 25.2 Å². The monoisotopic (exact) mass is 332 g/mol. The van der Waals surface area contributed by atoms with E-state index < -0.39 is 12.6 Å². The normalized spacial score (nSPS) is 10.9. The molecule has 24 heavy (non-hydrogen) atoms. The number of aliphatic hydroxyl groups excluding tert-OH is 2. The average molecular weight is 332 g/mol. The van der Waals surface area contributed by atoms with Crippen molar-refractivity contribution in [3.8, 4) is 0 Å². The third-order valence-corrected chi connectivity index (χ3v) is 3.27. The Bertz CT molecular complexity index is 596. The second-order valence-electron chi connectivity index (χ2n) is 5.21. The van der Waals surface area contributed by atoms with E-state index in [1.807, 2.05) is 0 Å². The lowest BCUT2D eigenvalue weighted by Gasteiger charge is -2.09. The van der Waals surface area contributed by atoms with Crippen LogP contribution in [0, 0.1) is 0 Å². The third kappa shape index (κ3) is 5.32. The number of hydrogen-bond donors (Lipinski definition) is 6. The highest BCUT2D eigenvalue weighted by atomic mass is 16.5. The molecule has 0 aliphatic rings. The van der Waals surface area contributed by atoms with Crippen LogP contribution in [-0.2, 0) is 0 Å². The maximum absolute atomic E-state index is 12.4. The Balaban J connectivity index is 2.00. The maximum Gasteiger partial charge on any atom is 0.193 e. The highest BCUT2D eigenvalue weighted by molar-refractivity contribution is 6.09. The smallest absolute Gasteiger partial charge is 0.193 e. The summed E-state index contributed by atoms with van der Waals surface area (Å²) in [6.45, 7) is 0.00852. The Kier molecular flexibility index (Phi) is 6.28. The highest BCUT2D eigenvalue weighted by Gasteiger charge is 2.09. The van der Waals surface area contributed by atoms with Gasteiger partial charge in [-0.2, -0.15) is 0 Å². The molecule has 0 heterocycles. The fourth-order valence-electron chi connectivity index (χ4n) is 2.06. The summed E-state index contributed by atoms with van der Waals surface area (Å²) in [5.41, 5.74) is 2.39. The number of carbonyl (C=O) groups is 1. The van der Waals surface area contributed by atoms with Gasteiger partial charge in [-0.3, -0.25) is 4.79 Å². The summed E-state index contributed by atoms with van der Waals surface area (Å²) >= 11 is 0. The lowest BCUT2D eigenvalue weighted by atomic mass is 10.0. The van der Waals surface area contributed by atoms with Crippen molar-refractivity contribution in [3.63, 3.8) is 0 Å². The minimum Gasteiger partial charge on any atom is -0.380 e. The van der Waals surface area contributed by atoms with Crippen molar-refractivity contribution in [3.05, 3.63) is 59.7 Å². The van der Waals surface area contributed by atoms with Crippen LogP contribution < -0.4 is 10.6 Å². The SMILES string of the molecule is O=C(c1ccc(NCC(O)O)cc1)c1ccc(NCC(O)O)cc1. The first-order valence-electron chi connectivity index (χ1n) is 7.40. The van der Waals surface area contributed by atoms with E-state index in [0.717, 1.165) is 0 Å². The molecule has 2 aromatic rings. The van der Waals surface area contributed by atoms with Crippen LogP contribution in [0.1, 0.15) is 15.9 Å². The molecule has 0 aliphatic carbocycles. The first-order chi connectivity index (χ1) is 11.5. The first-order valence-corrected chi connectivity index (χ1v) is 7.40. The van der Waals surface area contributed by atoms with Gasteiger partial charge in [-0.25, -0.2) is 0 Å². The Morgan fingerprint density at radius 3 is 1.33 bits per heavy atom. The zero-order valence-electron chi connectivity index (χ0n) is 12.9. The number of ketones is 1. The van der Waals surface area contributed by atoms with Gasteiger partial charge in [0.2, 0.25) is 0 Å². The molecule has 2 aromatic carbocycles. The Morgan fingerprint density at radius 1 is 0.708 bits per heavy atom. The second-order valence-corrected chi connectivity index (χ2v) is 5.21. The molecule has 0 aromatic heterocycles. The lowest BCUT2D eigenvalue weighted by Crippen LogP contribution is -2.18. The van der Waals surface area contributed by atoms with Gasteiger partial charge in [-0.05, 0) is 48.5 Å². The molecule has 2 rings (SSSR count). The van der Waals surface area contributed by atoms with Crippen molar-refractivity contribution in [2.45, 2.75) is 12.6 Å². The minimum atomic E-state index is -1.44. The zero-order chi connectivity index (χ0) is 17.5. The van der Waals surface area contributed by atoms with Crippen LogP contribution in [0.4, 0.5) is 11.4 Å². The number of anilines is 2. The van der Waals surface area contributed by atoms with E-state index in [4.69, 9.17) is 20.4 Å². The quantitative estimate of drug-likeness (QED) is 0.305. The molecule has 128 valence electrons. The number of hydrogen-bond acceptors (Lipinski definition) is 7. The van der Waals surface area contributed by atoms with Gasteiger partial charge >= 0.3 is 0 Å². The molecule has 0 bridgehead atoms.